The molecule has 3 aromatic heterocycles. The van der Waals surface area contributed by atoms with E-state index >= 15 is 0 Å². The van der Waals surface area contributed by atoms with E-state index in [2.05, 4.69) is 49.8 Å². The predicted octanol–water partition coefficient (Wildman–Crippen LogP) is 3.61. The van der Waals surface area contributed by atoms with E-state index < -0.39 is 5.92 Å². The first kappa shape index (κ1) is 35.7. The SMILES string of the molecule is CNC(=O)COc1cc2cc(Nc3nc(N(C)[C@@H]4CCN(c5ccc6c(C7CCC(=O)NC7=O)nn(C)c6c5)C[C@H]4C)ncc3Cl)ccc2n(C)c1=O. The number of amides is 3. The summed E-state index contributed by atoms with van der Waals surface area (Å²) in [5, 5.41) is 14.9. The Hall–Kier alpha value is -5.70. The number of aromatic nitrogens is 5. The summed E-state index contributed by atoms with van der Waals surface area (Å²) in [6, 6.07) is 13.5. The van der Waals surface area contributed by atoms with Gasteiger partial charge < -0.3 is 29.7 Å². The van der Waals surface area contributed by atoms with Gasteiger partial charge in [0.05, 0.1) is 28.8 Å². The number of hydrogen-bond acceptors (Lipinski definition) is 11. The van der Waals surface area contributed by atoms with Crippen molar-refractivity contribution in [2.45, 2.75) is 38.1 Å². The maximum absolute atomic E-state index is 12.8. The molecule has 3 N–H and O–H groups in total. The van der Waals surface area contributed by atoms with E-state index in [9.17, 15) is 19.2 Å². The average molecular weight is 741 g/mol. The highest BCUT2D eigenvalue weighted by Gasteiger charge is 2.33. The van der Waals surface area contributed by atoms with Gasteiger partial charge in [-0.1, -0.05) is 18.5 Å². The normalized spacial score (nSPS) is 19.0. The summed E-state index contributed by atoms with van der Waals surface area (Å²) < 4.78 is 8.80. The third-order valence-corrected chi connectivity index (χ3v) is 10.6. The Morgan fingerprint density at radius 3 is 2.66 bits per heavy atom. The van der Waals surface area contributed by atoms with E-state index in [-0.39, 0.29) is 47.6 Å². The zero-order valence-corrected chi connectivity index (χ0v) is 30.9. The molecule has 0 spiro atoms. The molecule has 2 aromatic carbocycles. The molecule has 7 rings (SSSR count). The minimum absolute atomic E-state index is 0.0707. The molecule has 0 radical (unpaired) electrons. The average Bonchev–Trinajstić information content (AvgIpc) is 3.47. The minimum Gasteiger partial charge on any atom is -0.478 e. The van der Waals surface area contributed by atoms with Crippen LogP contribution in [-0.2, 0) is 28.5 Å². The van der Waals surface area contributed by atoms with E-state index in [1.165, 1.54) is 11.6 Å². The van der Waals surface area contributed by atoms with Gasteiger partial charge in [0.1, 0.15) is 5.02 Å². The van der Waals surface area contributed by atoms with Crippen molar-refractivity contribution in [1.29, 1.82) is 0 Å². The van der Waals surface area contributed by atoms with Gasteiger partial charge >= 0.3 is 0 Å². The van der Waals surface area contributed by atoms with Crippen molar-refractivity contribution < 1.29 is 19.1 Å². The molecule has 5 heterocycles. The number of nitrogens with zero attached hydrogens (tertiary/aromatic N) is 7. The number of carbonyl (C=O) groups excluding carboxylic acids is 3. The van der Waals surface area contributed by atoms with Crippen LogP contribution in [0.2, 0.25) is 5.02 Å². The maximum Gasteiger partial charge on any atom is 0.293 e. The molecule has 0 saturated carbocycles. The molecule has 1 unspecified atom stereocenters. The summed E-state index contributed by atoms with van der Waals surface area (Å²) in [4.78, 5) is 62.7. The molecular weight excluding hydrogens is 700 g/mol. The van der Waals surface area contributed by atoms with Crippen molar-refractivity contribution in [3.05, 3.63) is 69.7 Å². The number of benzene rings is 2. The van der Waals surface area contributed by atoms with Crippen molar-refractivity contribution in [2.75, 3.05) is 48.9 Å². The number of piperidine rings is 2. The summed E-state index contributed by atoms with van der Waals surface area (Å²) in [6.45, 7) is 3.58. The molecule has 53 heavy (non-hydrogen) atoms. The van der Waals surface area contributed by atoms with Crippen LogP contribution in [0, 0.1) is 5.92 Å². The van der Waals surface area contributed by atoms with Crippen LogP contribution in [-0.4, -0.2) is 81.9 Å². The monoisotopic (exact) mass is 740 g/mol. The lowest BCUT2D eigenvalue weighted by Gasteiger charge is -2.42. The third-order valence-electron chi connectivity index (χ3n) is 10.3. The van der Waals surface area contributed by atoms with Crippen molar-refractivity contribution in [2.24, 2.45) is 20.0 Å². The number of anilines is 4. The number of fused-ring (bicyclic) bond motifs is 2. The fourth-order valence-electron chi connectivity index (χ4n) is 7.38. The quantitative estimate of drug-likeness (QED) is 0.189. The second-order valence-electron chi connectivity index (χ2n) is 13.7. The molecular formula is C37H41ClN10O5. The molecule has 3 atom stereocenters. The number of nitrogens with one attached hydrogen (secondary N) is 3. The topological polar surface area (TPSA) is 169 Å². The molecule has 5 aromatic rings. The molecule has 2 fully saturated rings. The third kappa shape index (κ3) is 6.95. The highest BCUT2D eigenvalue weighted by molar-refractivity contribution is 6.33. The standard InChI is InChI=1S/C37H41ClN10O5/c1-20-18-48(23-7-8-24-29(16-23)47(5)44-33(24)25-9-11-31(49)42-35(25)51)13-12-27(20)46(4)37-40-17-26(38)34(43-37)41-22-6-10-28-21(14-22)15-30(36(52)45(28)3)53-19-32(50)39-2/h6-8,10,14-17,20,25,27H,9,11-13,18-19H2,1-5H3,(H,39,50)(H,40,41,43)(H,42,49,51)/t20-,25?,27-/m1/s1. The Morgan fingerprint density at radius 2 is 1.91 bits per heavy atom. The minimum atomic E-state index is -0.445. The zero-order chi connectivity index (χ0) is 37.6. The van der Waals surface area contributed by atoms with E-state index in [0.717, 1.165) is 41.5 Å². The van der Waals surface area contributed by atoms with Gasteiger partial charge in [0.25, 0.3) is 11.5 Å². The van der Waals surface area contributed by atoms with Gasteiger partial charge in [-0.05, 0) is 61.2 Å². The number of carbonyl (C=O) groups is 3. The van der Waals surface area contributed by atoms with Crippen LogP contribution in [0.1, 0.15) is 37.8 Å². The largest absolute Gasteiger partial charge is 0.478 e. The number of hydrogen-bond donors (Lipinski definition) is 3. The Balaban J connectivity index is 1.05. The summed E-state index contributed by atoms with van der Waals surface area (Å²) in [7, 11) is 7.04. The van der Waals surface area contributed by atoms with Gasteiger partial charge in [0, 0.05) is 75.9 Å². The number of likely N-dealkylation sites (N-methyl/N-ethyl adjacent to an activating group) is 1. The van der Waals surface area contributed by atoms with Crippen molar-refractivity contribution in [3.8, 4) is 5.75 Å². The van der Waals surface area contributed by atoms with Crippen LogP contribution in [0.5, 0.6) is 5.75 Å². The number of aryl methyl sites for hydroxylation is 2. The number of pyridine rings is 1. The molecule has 3 amide bonds. The molecule has 2 aliphatic rings. The fourth-order valence-corrected chi connectivity index (χ4v) is 7.51. The van der Waals surface area contributed by atoms with E-state index in [4.69, 9.17) is 26.4 Å². The van der Waals surface area contributed by atoms with E-state index in [1.54, 1.807) is 19.3 Å². The molecule has 0 aliphatic carbocycles. The van der Waals surface area contributed by atoms with Crippen LogP contribution in [0.25, 0.3) is 21.8 Å². The first-order valence-electron chi connectivity index (χ1n) is 17.5. The van der Waals surface area contributed by atoms with Gasteiger partial charge in [-0.3, -0.25) is 29.2 Å². The van der Waals surface area contributed by atoms with Crippen LogP contribution in [0.4, 0.5) is 23.1 Å². The van der Waals surface area contributed by atoms with Crippen molar-refractivity contribution in [3.63, 3.8) is 0 Å². The van der Waals surface area contributed by atoms with Crippen molar-refractivity contribution >= 4 is 74.3 Å². The van der Waals surface area contributed by atoms with Gasteiger partial charge in [-0.15, -0.1) is 0 Å². The van der Waals surface area contributed by atoms with E-state index in [1.807, 2.05) is 43.0 Å². The lowest BCUT2D eigenvalue weighted by Crippen LogP contribution is -2.49. The van der Waals surface area contributed by atoms with E-state index in [0.29, 0.717) is 46.5 Å². The predicted molar refractivity (Wildman–Crippen MR) is 203 cm³/mol. The first-order valence-corrected chi connectivity index (χ1v) is 17.8. The molecule has 0 bridgehead atoms. The Kier molecular flexibility index (Phi) is 9.68. The highest BCUT2D eigenvalue weighted by Crippen LogP contribution is 2.35. The Bertz CT molecular complexity index is 2320. The molecule has 15 nitrogen and oxygen atoms in total. The molecule has 2 aliphatic heterocycles. The van der Waals surface area contributed by atoms with Gasteiger partial charge in [-0.25, -0.2) is 4.98 Å². The zero-order valence-electron chi connectivity index (χ0n) is 30.1. The second kappa shape index (κ2) is 14.4. The summed E-state index contributed by atoms with van der Waals surface area (Å²) >= 11 is 6.58. The number of rotatable bonds is 9. The van der Waals surface area contributed by atoms with Crippen LogP contribution in [0.3, 0.4) is 0 Å². The lowest BCUT2D eigenvalue weighted by atomic mass is 9.91. The second-order valence-corrected chi connectivity index (χ2v) is 14.1. The van der Waals surface area contributed by atoms with Crippen molar-refractivity contribution in [1.82, 2.24) is 34.9 Å². The van der Waals surface area contributed by atoms with Gasteiger partial charge in [-0.2, -0.15) is 10.1 Å². The highest BCUT2D eigenvalue weighted by atomic mass is 35.5. The summed E-state index contributed by atoms with van der Waals surface area (Å²) in [5.74, 6) is -0.00796. The number of imide groups is 1. The van der Waals surface area contributed by atoms with Gasteiger partial charge in [0.15, 0.2) is 18.2 Å². The van der Waals surface area contributed by atoms with Crippen LogP contribution in [0.15, 0.2) is 53.5 Å². The molecule has 276 valence electrons. The maximum atomic E-state index is 12.8. The molecule has 2 saturated heterocycles. The fraction of sp³-hybridized carbons (Fsp3) is 0.378. The number of ether oxygens (including phenoxy) is 1. The first-order chi connectivity index (χ1) is 25.4. The van der Waals surface area contributed by atoms with Gasteiger partial charge in [0.2, 0.25) is 17.8 Å². The summed E-state index contributed by atoms with van der Waals surface area (Å²) in [6.07, 6.45) is 3.22. The lowest BCUT2D eigenvalue weighted by molar-refractivity contribution is -0.134. The smallest absolute Gasteiger partial charge is 0.293 e. The Labute approximate surface area is 310 Å². The summed E-state index contributed by atoms with van der Waals surface area (Å²) in [5.41, 5.74) is 3.77. The number of halogens is 1. The van der Waals surface area contributed by atoms with Crippen LogP contribution >= 0.6 is 11.6 Å². The van der Waals surface area contributed by atoms with Crippen LogP contribution < -0.4 is 36.0 Å². The Morgan fingerprint density at radius 1 is 1.09 bits per heavy atom. The molecule has 16 heteroatoms.